The molecule has 8 nitrogen and oxygen atoms in total. The van der Waals surface area contributed by atoms with Gasteiger partial charge in [0.15, 0.2) is 0 Å². The molecule has 0 unspecified atom stereocenters. The number of carbonyl (C=O) groups is 1. The Hall–Kier alpha value is -2.65. The summed E-state index contributed by atoms with van der Waals surface area (Å²) in [6.07, 6.45) is 3.29. The first-order valence-electron chi connectivity index (χ1n) is 8.23. The molecule has 0 aliphatic rings. The minimum Gasteiger partial charge on any atom is -0.497 e. The van der Waals surface area contributed by atoms with Gasteiger partial charge in [-0.05, 0) is 29.8 Å². The third-order valence-corrected chi connectivity index (χ3v) is 5.38. The molecule has 0 fully saturated rings. The number of ether oxygens (including phenoxy) is 2. The predicted molar refractivity (Wildman–Crippen MR) is 100 cm³/mol. The van der Waals surface area contributed by atoms with E-state index in [-0.39, 0.29) is 29.6 Å². The number of benzene rings is 1. The molecule has 0 saturated carbocycles. The maximum atomic E-state index is 12.6. The fraction of sp³-hybridized carbons (Fsp3) is 0.333. The van der Waals surface area contributed by atoms with Crippen LogP contribution in [0, 0.1) is 0 Å². The van der Waals surface area contributed by atoms with E-state index in [1.54, 1.807) is 35.5 Å². The molecule has 1 heterocycles. The molecule has 9 heteroatoms. The summed E-state index contributed by atoms with van der Waals surface area (Å²) < 4.78 is 38.0. The van der Waals surface area contributed by atoms with Crippen molar-refractivity contribution in [3.63, 3.8) is 0 Å². The van der Waals surface area contributed by atoms with E-state index in [1.807, 2.05) is 0 Å². The van der Waals surface area contributed by atoms with Gasteiger partial charge in [0, 0.05) is 45.0 Å². The number of methoxy groups -OCH3 is 2. The number of hydrogen-bond donors (Lipinski definition) is 1. The molecule has 0 radical (unpaired) electrons. The van der Waals surface area contributed by atoms with Crippen LogP contribution in [0.5, 0.6) is 11.5 Å². The van der Waals surface area contributed by atoms with Crippen molar-refractivity contribution in [2.45, 2.75) is 18.4 Å². The first-order chi connectivity index (χ1) is 12.9. The first kappa shape index (κ1) is 20.7. The van der Waals surface area contributed by atoms with E-state index >= 15 is 0 Å². The summed E-state index contributed by atoms with van der Waals surface area (Å²) >= 11 is 0. The van der Waals surface area contributed by atoms with Gasteiger partial charge in [-0.3, -0.25) is 9.78 Å². The van der Waals surface area contributed by atoms with Crippen molar-refractivity contribution < 1.29 is 22.7 Å². The molecule has 2 rings (SSSR count). The second-order valence-corrected chi connectivity index (χ2v) is 7.45. The highest BCUT2D eigenvalue weighted by Crippen LogP contribution is 2.27. The molecular weight excluding hydrogens is 370 g/mol. The molecule has 27 heavy (non-hydrogen) atoms. The lowest BCUT2D eigenvalue weighted by molar-refractivity contribution is -0.129. The van der Waals surface area contributed by atoms with Crippen molar-refractivity contribution >= 4 is 15.9 Å². The van der Waals surface area contributed by atoms with Gasteiger partial charge in [0.1, 0.15) is 16.4 Å². The number of nitrogens with one attached hydrogen (secondary N) is 1. The highest BCUT2D eigenvalue weighted by molar-refractivity contribution is 7.89. The number of carbonyl (C=O) groups excluding carboxylic acids is 1. The highest BCUT2D eigenvalue weighted by atomic mass is 32.2. The Morgan fingerprint density at radius 3 is 2.44 bits per heavy atom. The summed E-state index contributed by atoms with van der Waals surface area (Å²) in [7, 11) is -0.983. The normalized spacial score (nSPS) is 11.1. The van der Waals surface area contributed by atoms with E-state index in [1.165, 1.54) is 33.3 Å². The Morgan fingerprint density at radius 1 is 1.15 bits per heavy atom. The maximum absolute atomic E-state index is 12.6. The second-order valence-electron chi connectivity index (χ2n) is 5.71. The average molecular weight is 393 g/mol. The Balaban J connectivity index is 2.06. The molecule has 2 aromatic rings. The van der Waals surface area contributed by atoms with E-state index in [0.29, 0.717) is 12.3 Å². The number of aromatic nitrogens is 1. The Kier molecular flexibility index (Phi) is 7.14. The van der Waals surface area contributed by atoms with Gasteiger partial charge in [-0.25, -0.2) is 13.1 Å². The van der Waals surface area contributed by atoms with Crippen LogP contribution in [-0.4, -0.2) is 51.5 Å². The molecule has 1 amide bonds. The van der Waals surface area contributed by atoms with Crippen LogP contribution in [0.4, 0.5) is 0 Å². The lowest BCUT2D eigenvalue weighted by Gasteiger charge is -2.21. The lowest BCUT2D eigenvalue weighted by Crippen LogP contribution is -2.37. The van der Waals surface area contributed by atoms with E-state index in [0.717, 1.165) is 5.56 Å². The number of hydrogen-bond acceptors (Lipinski definition) is 6. The molecule has 0 aliphatic carbocycles. The molecule has 0 atom stereocenters. The minimum absolute atomic E-state index is 0.0205. The molecule has 0 saturated heterocycles. The topological polar surface area (TPSA) is 97.8 Å². The largest absolute Gasteiger partial charge is 0.497 e. The first-order valence-corrected chi connectivity index (χ1v) is 9.72. The molecule has 1 aromatic heterocycles. The van der Waals surface area contributed by atoms with E-state index in [2.05, 4.69) is 9.71 Å². The Labute approximate surface area is 159 Å². The SMILES string of the molecule is COc1ccc(OC)c(S(=O)(=O)NCCN(Cc2ccncc2)C(C)=O)c1. The predicted octanol–water partition coefficient (Wildman–Crippen LogP) is 1.43. The van der Waals surface area contributed by atoms with Gasteiger partial charge >= 0.3 is 0 Å². The van der Waals surface area contributed by atoms with Gasteiger partial charge < -0.3 is 14.4 Å². The zero-order valence-electron chi connectivity index (χ0n) is 15.5. The maximum Gasteiger partial charge on any atom is 0.244 e. The number of nitrogens with zero attached hydrogens (tertiary/aromatic N) is 2. The van der Waals surface area contributed by atoms with Crippen LogP contribution in [-0.2, 0) is 21.4 Å². The fourth-order valence-corrected chi connectivity index (χ4v) is 3.65. The number of rotatable bonds is 9. The molecule has 1 N–H and O–H groups in total. The van der Waals surface area contributed by atoms with Crippen LogP contribution < -0.4 is 14.2 Å². The third-order valence-electron chi connectivity index (χ3n) is 3.90. The summed E-state index contributed by atoms with van der Waals surface area (Å²) in [6, 6.07) is 8.14. The summed E-state index contributed by atoms with van der Waals surface area (Å²) in [5, 5.41) is 0. The summed E-state index contributed by atoms with van der Waals surface area (Å²) in [5.74, 6) is 0.465. The summed E-state index contributed by atoms with van der Waals surface area (Å²) in [6.45, 7) is 2.11. The zero-order valence-corrected chi connectivity index (χ0v) is 16.3. The van der Waals surface area contributed by atoms with Gasteiger partial charge in [-0.2, -0.15) is 0 Å². The van der Waals surface area contributed by atoms with Crippen LogP contribution in [0.1, 0.15) is 12.5 Å². The van der Waals surface area contributed by atoms with Crippen LogP contribution in [0.25, 0.3) is 0 Å². The molecule has 146 valence electrons. The lowest BCUT2D eigenvalue weighted by atomic mass is 10.2. The van der Waals surface area contributed by atoms with Crippen molar-refractivity contribution in [1.82, 2.24) is 14.6 Å². The van der Waals surface area contributed by atoms with Gasteiger partial charge in [-0.1, -0.05) is 0 Å². The van der Waals surface area contributed by atoms with Crippen LogP contribution in [0.15, 0.2) is 47.6 Å². The third kappa shape index (κ3) is 5.66. The highest BCUT2D eigenvalue weighted by Gasteiger charge is 2.21. The van der Waals surface area contributed by atoms with Gasteiger partial charge in [0.25, 0.3) is 0 Å². The molecule has 0 spiro atoms. The Bertz CT molecular complexity index is 872. The zero-order chi connectivity index (χ0) is 19.9. The molecule has 0 bridgehead atoms. The van der Waals surface area contributed by atoms with E-state index in [4.69, 9.17) is 9.47 Å². The average Bonchev–Trinajstić information content (AvgIpc) is 2.67. The summed E-state index contributed by atoms with van der Waals surface area (Å²) in [4.78, 5) is 17.3. The van der Waals surface area contributed by atoms with Crippen molar-refractivity contribution in [2.24, 2.45) is 0 Å². The molecule has 0 aliphatic heterocycles. The number of amides is 1. The number of pyridine rings is 1. The van der Waals surface area contributed by atoms with E-state index < -0.39 is 10.0 Å². The van der Waals surface area contributed by atoms with E-state index in [9.17, 15) is 13.2 Å². The van der Waals surface area contributed by atoms with Crippen LogP contribution >= 0.6 is 0 Å². The Morgan fingerprint density at radius 2 is 1.85 bits per heavy atom. The monoisotopic (exact) mass is 393 g/mol. The van der Waals surface area contributed by atoms with Crippen LogP contribution in [0.3, 0.4) is 0 Å². The fourth-order valence-electron chi connectivity index (χ4n) is 2.44. The molecular formula is C18H23N3O5S. The smallest absolute Gasteiger partial charge is 0.244 e. The van der Waals surface area contributed by atoms with Crippen molar-refractivity contribution in [3.8, 4) is 11.5 Å². The van der Waals surface area contributed by atoms with Gasteiger partial charge in [0.05, 0.1) is 14.2 Å². The quantitative estimate of drug-likeness (QED) is 0.692. The minimum atomic E-state index is -3.83. The van der Waals surface area contributed by atoms with Gasteiger partial charge in [-0.15, -0.1) is 0 Å². The van der Waals surface area contributed by atoms with Gasteiger partial charge in [0.2, 0.25) is 15.9 Å². The second kappa shape index (κ2) is 9.33. The summed E-state index contributed by atoms with van der Waals surface area (Å²) in [5.41, 5.74) is 0.914. The van der Waals surface area contributed by atoms with Crippen molar-refractivity contribution in [1.29, 1.82) is 0 Å². The number of sulfonamides is 1. The standard InChI is InChI=1S/C18H23N3O5S/c1-14(22)21(13-15-6-8-19-9-7-15)11-10-20-27(23,24)18-12-16(25-2)4-5-17(18)26-3/h4-9,12,20H,10-11,13H2,1-3H3. The molecule has 1 aromatic carbocycles. The van der Waals surface area contributed by atoms with Crippen molar-refractivity contribution in [2.75, 3.05) is 27.3 Å². The van der Waals surface area contributed by atoms with Crippen molar-refractivity contribution in [3.05, 3.63) is 48.3 Å². The van der Waals surface area contributed by atoms with Crippen LogP contribution in [0.2, 0.25) is 0 Å².